The average molecular weight is 444 g/mol. The third kappa shape index (κ3) is 3.61. The zero-order valence-corrected chi connectivity index (χ0v) is 17.4. The van der Waals surface area contributed by atoms with Gasteiger partial charge >= 0.3 is 6.08 Å². The molecule has 31 heavy (non-hydrogen) atoms. The van der Waals surface area contributed by atoms with E-state index in [1.807, 2.05) is 31.2 Å². The van der Waals surface area contributed by atoms with Crippen LogP contribution in [0.25, 0.3) is 0 Å². The van der Waals surface area contributed by atoms with Gasteiger partial charge in [0.25, 0.3) is 5.91 Å². The van der Waals surface area contributed by atoms with Crippen molar-refractivity contribution in [3.8, 4) is 17.6 Å². The lowest BCUT2D eigenvalue weighted by atomic mass is 9.39. The summed E-state index contributed by atoms with van der Waals surface area (Å²) in [5, 5.41) is 11.2. The SMILES string of the molecule is Cc1ccccc1Oc1nnc(C23CC(NC(=O)COc4ccc(Cl)c(F)c4)(C2)C3)o1. The number of rotatable bonds is 7. The van der Waals surface area contributed by atoms with Crippen LogP contribution in [0.2, 0.25) is 5.02 Å². The van der Waals surface area contributed by atoms with Gasteiger partial charge in [-0.2, -0.15) is 0 Å². The Hall–Kier alpha value is -3.13. The van der Waals surface area contributed by atoms with Gasteiger partial charge in [-0.05, 0) is 49.9 Å². The number of nitrogens with zero attached hydrogens (tertiary/aromatic N) is 2. The van der Waals surface area contributed by atoms with Gasteiger partial charge in [0.05, 0.1) is 10.4 Å². The second-order valence-electron chi connectivity index (χ2n) is 8.24. The molecule has 2 bridgehead atoms. The van der Waals surface area contributed by atoms with Crippen LogP contribution in [0.3, 0.4) is 0 Å². The molecule has 2 aromatic carbocycles. The van der Waals surface area contributed by atoms with Gasteiger partial charge in [0.1, 0.15) is 17.3 Å². The fourth-order valence-electron chi connectivity index (χ4n) is 4.43. The molecular formula is C22H19ClFN3O4. The largest absolute Gasteiger partial charge is 0.484 e. The normalized spacial score (nSPS) is 23.5. The van der Waals surface area contributed by atoms with Crippen molar-refractivity contribution in [2.45, 2.75) is 37.1 Å². The van der Waals surface area contributed by atoms with E-state index in [2.05, 4.69) is 15.5 Å². The number of carbonyl (C=O) groups is 1. The highest BCUT2D eigenvalue weighted by Gasteiger charge is 2.71. The van der Waals surface area contributed by atoms with Crippen LogP contribution in [-0.4, -0.2) is 28.3 Å². The van der Waals surface area contributed by atoms with Crippen LogP contribution >= 0.6 is 11.6 Å². The Morgan fingerprint density at radius 3 is 2.74 bits per heavy atom. The minimum atomic E-state index is -0.591. The number of para-hydroxylation sites is 1. The van der Waals surface area contributed by atoms with Crippen molar-refractivity contribution in [3.05, 3.63) is 64.8 Å². The minimum absolute atomic E-state index is 0.00412. The van der Waals surface area contributed by atoms with Crippen LogP contribution < -0.4 is 14.8 Å². The molecule has 7 nitrogen and oxygen atoms in total. The predicted molar refractivity (Wildman–Crippen MR) is 109 cm³/mol. The third-order valence-electron chi connectivity index (χ3n) is 5.85. The number of halogens is 2. The molecule has 0 atom stereocenters. The maximum atomic E-state index is 13.5. The van der Waals surface area contributed by atoms with Crippen LogP contribution in [0.1, 0.15) is 30.7 Å². The van der Waals surface area contributed by atoms with Crippen LogP contribution in [-0.2, 0) is 10.2 Å². The summed E-state index contributed by atoms with van der Waals surface area (Å²) in [5.41, 5.74) is 0.475. The van der Waals surface area contributed by atoms with Crippen molar-refractivity contribution in [3.63, 3.8) is 0 Å². The van der Waals surface area contributed by atoms with Gasteiger partial charge in [-0.1, -0.05) is 34.9 Å². The van der Waals surface area contributed by atoms with Crippen molar-refractivity contribution in [2.24, 2.45) is 0 Å². The zero-order valence-electron chi connectivity index (χ0n) is 16.7. The summed E-state index contributed by atoms with van der Waals surface area (Å²) in [5.74, 6) is 0.585. The monoisotopic (exact) mass is 443 g/mol. The summed E-state index contributed by atoms with van der Waals surface area (Å²) in [6.45, 7) is 1.73. The van der Waals surface area contributed by atoms with E-state index in [-0.39, 0.29) is 40.3 Å². The summed E-state index contributed by atoms with van der Waals surface area (Å²) >= 11 is 5.64. The van der Waals surface area contributed by atoms with Gasteiger partial charge in [0.15, 0.2) is 6.61 Å². The third-order valence-corrected chi connectivity index (χ3v) is 6.15. The molecule has 3 aliphatic carbocycles. The molecule has 3 saturated carbocycles. The van der Waals surface area contributed by atoms with Crippen molar-refractivity contribution in [1.82, 2.24) is 15.5 Å². The standard InChI is InChI=1S/C22H19ClFN3O4/c1-13-4-2-3-5-17(13)30-20-27-26-19(31-20)21-10-22(11-21,12-21)25-18(28)9-29-14-6-7-15(23)16(24)8-14/h2-8H,9-12H2,1H3,(H,25,28). The minimum Gasteiger partial charge on any atom is -0.484 e. The van der Waals surface area contributed by atoms with E-state index < -0.39 is 5.82 Å². The molecule has 3 aromatic rings. The van der Waals surface area contributed by atoms with E-state index in [1.165, 1.54) is 12.1 Å². The second-order valence-corrected chi connectivity index (χ2v) is 8.65. The highest BCUT2D eigenvalue weighted by molar-refractivity contribution is 6.30. The molecule has 1 N–H and O–H groups in total. The molecule has 0 radical (unpaired) electrons. The quantitative estimate of drug-likeness (QED) is 0.584. The predicted octanol–water partition coefficient (Wildman–Crippen LogP) is 4.33. The maximum Gasteiger partial charge on any atom is 0.420 e. The zero-order chi connectivity index (χ0) is 21.6. The lowest BCUT2D eigenvalue weighted by Gasteiger charge is -2.68. The lowest BCUT2D eigenvalue weighted by molar-refractivity contribution is -0.143. The van der Waals surface area contributed by atoms with Crippen LogP contribution in [0.5, 0.6) is 17.6 Å². The Morgan fingerprint density at radius 2 is 2.00 bits per heavy atom. The molecule has 3 aliphatic rings. The molecule has 160 valence electrons. The number of carbonyl (C=O) groups excluding carboxylic acids is 1. The van der Waals surface area contributed by atoms with Crippen molar-refractivity contribution in [2.75, 3.05) is 6.61 Å². The molecule has 6 rings (SSSR count). The van der Waals surface area contributed by atoms with Crippen LogP contribution in [0.4, 0.5) is 4.39 Å². The van der Waals surface area contributed by atoms with E-state index in [9.17, 15) is 9.18 Å². The molecule has 1 amide bonds. The first-order valence-electron chi connectivity index (χ1n) is 9.83. The Bertz CT molecular complexity index is 1150. The van der Waals surface area contributed by atoms with Crippen LogP contribution in [0, 0.1) is 12.7 Å². The molecule has 3 fully saturated rings. The number of hydrogen-bond acceptors (Lipinski definition) is 6. The number of aromatic nitrogens is 2. The van der Waals surface area contributed by atoms with Crippen LogP contribution in [0.15, 0.2) is 46.9 Å². The molecule has 0 unspecified atom stereocenters. The van der Waals surface area contributed by atoms with Crippen molar-refractivity contribution < 1.29 is 23.1 Å². The van der Waals surface area contributed by atoms with E-state index in [0.29, 0.717) is 30.9 Å². The molecule has 0 spiro atoms. The maximum absolute atomic E-state index is 13.5. The molecule has 1 heterocycles. The Morgan fingerprint density at radius 1 is 1.23 bits per heavy atom. The van der Waals surface area contributed by atoms with Crippen molar-refractivity contribution >= 4 is 17.5 Å². The molecule has 0 saturated heterocycles. The number of ether oxygens (including phenoxy) is 2. The highest BCUT2D eigenvalue weighted by Crippen LogP contribution is 2.67. The van der Waals surface area contributed by atoms with Gasteiger partial charge in [-0.15, -0.1) is 5.10 Å². The molecule has 9 heteroatoms. The Kier molecular flexibility index (Phi) is 4.62. The van der Waals surface area contributed by atoms with Gasteiger partial charge < -0.3 is 19.2 Å². The number of benzene rings is 2. The van der Waals surface area contributed by atoms with Gasteiger partial charge in [0.2, 0.25) is 5.89 Å². The first-order valence-corrected chi connectivity index (χ1v) is 10.2. The fourth-order valence-corrected chi connectivity index (χ4v) is 4.54. The highest BCUT2D eigenvalue weighted by atomic mass is 35.5. The lowest BCUT2D eigenvalue weighted by Crippen LogP contribution is -2.77. The van der Waals surface area contributed by atoms with E-state index >= 15 is 0 Å². The summed E-state index contributed by atoms with van der Waals surface area (Å²) < 4.78 is 30.2. The summed E-state index contributed by atoms with van der Waals surface area (Å²) in [7, 11) is 0. The average Bonchev–Trinajstić information content (AvgIpc) is 3.14. The first-order chi connectivity index (χ1) is 14.9. The van der Waals surface area contributed by atoms with Gasteiger partial charge in [0, 0.05) is 11.6 Å². The number of aryl methyl sites for hydroxylation is 1. The molecular weight excluding hydrogens is 425 g/mol. The van der Waals surface area contributed by atoms with Crippen molar-refractivity contribution in [1.29, 1.82) is 0 Å². The summed E-state index contributed by atoms with van der Waals surface area (Å²) in [6, 6.07) is 11.6. The smallest absolute Gasteiger partial charge is 0.420 e. The van der Waals surface area contributed by atoms with Gasteiger partial charge in [-0.25, -0.2) is 4.39 Å². The number of hydrogen-bond donors (Lipinski definition) is 1. The van der Waals surface area contributed by atoms with E-state index in [4.69, 9.17) is 25.5 Å². The number of amides is 1. The summed E-state index contributed by atoms with van der Waals surface area (Å²) in [6.07, 6.45) is 2.25. The Labute approximate surface area is 182 Å². The second kappa shape index (κ2) is 7.23. The topological polar surface area (TPSA) is 86.5 Å². The fraction of sp³-hybridized carbons (Fsp3) is 0.318. The van der Waals surface area contributed by atoms with E-state index in [0.717, 1.165) is 11.6 Å². The number of nitrogens with one attached hydrogen (secondary N) is 1. The Balaban J connectivity index is 1.14. The van der Waals surface area contributed by atoms with E-state index in [1.54, 1.807) is 0 Å². The van der Waals surface area contributed by atoms with Gasteiger partial charge in [-0.3, -0.25) is 4.79 Å². The molecule has 1 aromatic heterocycles. The first kappa shape index (κ1) is 19.8. The molecule has 0 aliphatic heterocycles. The summed E-state index contributed by atoms with van der Waals surface area (Å²) in [4.78, 5) is 12.3.